The van der Waals surface area contributed by atoms with Gasteiger partial charge in [-0.1, -0.05) is 13.8 Å². The minimum atomic E-state index is -3.33. The third-order valence-corrected chi connectivity index (χ3v) is 6.25. The Labute approximate surface area is 131 Å². The van der Waals surface area contributed by atoms with Gasteiger partial charge in [-0.25, -0.2) is 9.97 Å². The van der Waals surface area contributed by atoms with Crippen LogP contribution in [-0.2, 0) is 10.2 Å². The van der Waals surface area contributed by atoms with Crippen molar-refractivity contribution in [2.45, 2.75) is 32.6 Å². The Morgan fingerprint density at radius 2 is 1.95 bits per heavy atom. The van der Waals surface area contributed by atoms with Crippen molar-refractivity contribution in [1.29, 1.82) is 0 Å². The van der Waals surface area contributed by atoms with E-state index in [2.05, 4.69) is 9.97 Å². The molecule has 0 radical (unpaired) electrons. The largest absolute Gasteiger partial charge is 0.281 e. The maximum atomic E-state index is 12.5. The summed E-state index contributed by atoms with van der Waals surface area (Å²) in [4.78, 5) is 8.10. The van der Waals surface area contributed by atoms with Crippen LogP contribution in [0.25, 0.3) is 0 Å². The number of hydrogen-bond donors (Lipinski definition) is 0. The van der Waals surface area contributed by atoms with Crippen LogP contribution in [0.2, 0.25) is 5.28 Å². The number of nitrogens with zero attached hydrogens (tertiary/aromatic N) is 4. The normalized spacial score (nSPS) is 18.3. The SMILES string of the molecule is CCN(CC)S(=O)(=O)N1CCC(c2ccnc(Cl)n2)CC1. The number of rotatable bonds is 5. The van der Waals surface area contributed by atoms with Crippen molar-refractivity contribution in [3.05, 3.63) is 23.2 Å². The molecule has 21 heavy (non-hydrogen) atoms. The molecule has 1 aromatic rings. The van der Waals surface area contributed by atoms with Crippen LogP contribution in [0.1, 0.15) is 38.3 Å². The molecular weight excluding hydrogens is 312 g/mol. The second kappa shape index (κ2) is 7.00. The van der Waals surface area contributed by atoms with Gasteiger partial charge >= 0.3 is 0 Å². The fourth-order valence-corrected chi connectivity index (χ4v) is 4.48. The Morgan fingerprint density at radius 1 is 1.33 bits per heavy atom. The van der Waals surface area contributed by atoms with E-state index in [1.54, 1.807) is 10.5 Å². The summed E-state index contributed by atoms with van der Waals surface area (Å²) < 4.78 is 28.0. The fourth-order valence-electron chi connectivity index (χ4n) is 2.67. The molecular formula is C13H21ClN4O2S. The highest BCUT2D eigenvalue weighted by Crippen LogP contribution is 2.28. The molecule has 0 amide bonds. The van der Waals surface area contributed by atoms with Gasteiger partial charge in [-0.3, -0.25) is 0 Å². The average molecular weight is 333 g/mol. The Balaban J connectivity index is 2.03. The van der Waals surface area contributed by atoms with Crippen molar-refractivity contribution in [3.63, 3.8) is 0 Å². The molecule has 0 bridgehead atoms. The lowest BCUT2D eigenvalue weighted by Gasteiger charge is -2.34. The van der Waals surface area contributed by atoms with E-state index in [1.165, 1.54) is 4.31 Å². The molecule has 118 valence electrons. The van der Waals surface area contributed by atoms with Crippen LogP contribution in [0.15, 0.2) is 12.3 Å². The van der Waals surface area contributed by atoms with Crippen LogP contribution >= 0.6 is 11.6 Å². The molecule has 1 saturated heterocycles. The second-order valence-electron chi connectivity index (χ2n) is 5.02. The Morgan fingerprint density at radius 3 is 2.48 bits per heavy atom. The van der Waals surface area contributed by atoms with Crippen LogP contribution in [-0.4, -0.2) is 53.2 Å². The summed E-state index contributed by atoms with van der Waals surface area (Å²) in [5.41, 5.74) is 0.898. The average Bonchev–Trinajstić information content (AvgIpc) is 2.48. The monoisotopic (exact) mass is 332 g/mol. The predicted molar refractivity (Wildman–Crippen MR) is 82.4 cm³/mol. The first-order valence-electron chi connectivity index (χ1n) is 7.22. The van der Waals surface area contributed by atoms with E-state index in [0.29, 0.717) is 26.2 Å². The third-order valence-electron chi connectivity index (χ3n) is 3.88. The summed E-state index contributed by atoms with van der Waals surface area (Å²) in [6.45, 7) is 5.75. The molecule has 0 saturated carbocycles. The van der Waals surface area contributed by atoms with Gasteiger partial charge in [0.2, 0.25) is 5.28 Å². The van der Waals surface area contributed by atoms with Gasteiger partial charge in [-0.15, -0.1) is 0 Å². The highest BCUT2D eigenvalue weighted by molar-refractivity contribution is 7.86. The van der Waals surface area contributed by atoms with Gasteiger partial charge in [0.25, 0.3) is 10.2 Å². The molecule has 2 rings (SSSR count). The number of piperidine rings is 1. The molecule has 0 spiro atoms. The standard InChI is InChI=1S/C13H21ClN4O2S/c1-3-17(4-2)21(19,20)18-9-6-11(7-10-18)12-5-8-15-13(14)16-12/h5,8,11H,3-4,6-7,9-10H2,1-2H3. The summed E-state index contributed by atoms with van der Waals surface area (Å²) in [6, 6.07) is 1.85. The summed E-state index contributed by atoms with van der Waals surface area (Å²) in [7, 11) is -3.33. The van der Waals surface area contributed by atoms with Gasteiger partial charge in [-0.05, 0) is 30.5 Å². The molecule has 6 nitrogen and oxygen atoms in total. The van der Waals surface area contributed by atoms with E-state index in [1.807, 2.05) is 19.9 Å². The first-order chi connectivity index (χ1) is 9.98. The summed E-state index contributed by atoms with van der Waals surface area (Å²) in [6.07, 6.45) is 3.16. The van der Waals surface area contributed by atoms with Crippen molar-refractivity contribution in [3.8, 4) is 0 Å². The van der Waals surface area contributed by atoms with Gasteiger partial charge in [-0.2, -0.15) is 17.0 Å². The van der Waals surface area contributed by atoms with Gasteiger partial charge < -0.3 is 0 Å². The lowest BCUT2D eigenvalue weighted by Crippen LogP contribution is -2.46. The van der Waals surface area contributed by atoms with E-state index in [-0.39, 0.29) is 11.2 Å². The van der Waals surface area contributed by atoms with E-state index >= 15 is 0 Å². The van der Waals surface area contributed by atoms with Crippen molar-refractivity contribution in [2.75, 3.05) is 26.2 Å². The molecule has 2 heterocycles. The van der Waals surface area contributed by atoms with Crippen LogP contribution in [0.3, 0.4) is 0 Å². The fraction of sp³-hybridized carbons (Fsp3) is 0.692. The van der Waals surface area contributed by atoms with E-state index in [9.17, 15) is 8.42 Å². The van der Waals surface area contributed by atoms with Crippen LogP contribution in [0.5, 0.6) is 0 Å². The highest BCUT2D eigenvalue weighted by atomic mass is 35.5. The van der Waals surface area contributed by atoms with Gasteiger partial charge in [0.15, 0.2) is 0 Å². The Bertz CT molecular complexity index is 569. The summed E-state index contributed by atoms with van der Waals surface area (Å²) in [5.74, 6) is 0.244. The van der Waals surface area contributed by atoms with Crippen molar-refractivity contribution in [2.24, 2.45) is 0 Å². The quantitative estimate of drug-likeness (QED) is 0.772. The number of aromatic nitrogens is 2. The minimum Gasteiger partial charge on any atom is -0.227 e. The zero-order chi connectivity index (χ0) is 15.5. The lowest BCUT2D eigenvalue weighted by atomic mass is 9.94. The van der Waals surface area contributed by atoms with Crippen molar-refractivity contribution in [1.82, 2.24) is 18.6 Å². The van der Waals surface area contributed by atoms with Crippen LogP contribution in [0, 0.1) is 0 Å². The first-order valence-corrected chi connectivity index (χ1v) is 9.00. The number of hydrogen-bond acceptors (Lipinski definition) is 4. The van der Waals surface area contributed by atoms with E-state index in [4.69, 9.17) is 11.6 Å². The number of halogens is 1. The molecule has 0 aliphatic carbocycles. The van der Waals surface area contributed by atoms with Crippen LogP contribution in [0.4, 0.5) is 0 Å². The van der Waals surface area contributed by atoms with E-state index < -0.39 is 10.2 Å². The molecule has 0 N–H and O–H groups in total. The Hall–Kier alpha value is -0.760. The molecule has 1 aliphatic rings. The molecule has 8 heteroatoms. The molecule has 0 unspecified atom stereocenters. The van der Waals surface area contributed by atoms with E-state index in [0.717, 1.165) is 18.5 Å². The maximum Gasteiger partial charge on any atom is 0.281 e. The zero-order valence-electron chi connectivity index (χ0n) is 12.4. The van der Waals surface area contributed by atoms with Gasteiger partial charge in [0.1, 0.15) is 0 Å². The van der Waals surface area contributed by atoms with Gasteiger partial charge in [0, 0.05) is 44.0 Å². The summed E-state index contributed by atoms with van der Waals surface area (Å²) in [5, 5.41) is 0.241. The zero-order valence-corrected chi connectivity index (χ0v) is 13.9. The third kappa shape index (κ3) is 3.71. The van der Waals surface area contributed by atoms with Gasteiger partial charge in [0.05, 0.1) is 0 Å². The molecule has 0 atom stereocenters. The van der Waals surface area contributed by atoms with Crippen LogP contribution < -0.4 is 0 Å². The minimum absolute atomic E-state index is 0.241. The molecule has 0 aromatic carbocycles. The predicted octanol–water partition coefficient (Wildman–Crippen LogP) is 1.90. The molecule has 1 aromatic heterocycles. The lowest BCUT2D eigenvalue weighted by molar-refractivity contribution is 0.289. The van der Waals surface area contributed by atoms with Crippen molar-refractivity contribution >= 4 is 21.8 Å². The molecule has 1 aliphatic heterocycles. The summed E-state index contributed by atoms with van der Waals surface area (Å²) >= 11 is 5.81. The smallest absolute Gasteiger partial charge is 0.227 e. The first kappa shape index (κ1) is 16.6. The van der Waals surface area contributed by atoms with Crippen molar-refractivity contribution < 1.29 is 8.42 Å². The molecule has 1 fully saturated rings. The Kier molecular flexibility index (Phi) is 5.54. The highest BCUT2D eigenvalue weighted by Gasteiger charge is 2.32. The maximum absolute atomic E-state index is 12.5. The topological polar surface area (TPSA) is 66.4 Å². The second-order valence-corrected chi connectivity index (χ2v) is 7.28.